The molecule has 1 heterocycles. The van der Waals surface area contributed by atoms with Crippen LogP contribution in [0.5, 0.6) is 0 Å². The molecule has 0 fully saturated rings. The molecule has 0 atom stereocenters. The van der Waals surface area contributed by atoms with Crippen LogP contribution in [-0.4, -0.2) is 17.6 Å². The molecule has 0 bridgehead atoms. The van der Waals surface area contributed by atoms with Crippen LogP contribution < -0.4 is 10.6 Å². The summed E-state index contributed by atoms with van der Waals surface area (Å²) in [6.07, 6.45) is 2.26. The van der Waals surface area contributed by atoms with Crippen LogP contribution in [0, 0.1) is 6.92 Å². The van der Waals surface area contributed by atoms with Gasteiger partial charge in [-0.1, -0.05) is 63.6 Å². The maximum Gasteiger partial charge on any atom is 0.319 e. The molecular weight excluding hydrogens is 374 g/mol. The quantitative estimate of drug-likeness (QED) is 0.487. The van der Waals surface area contributed by atoms with Crippen LogP contribution in [-0.2, 0) is 6.42 Å². The Balaban J connectivity index is 1.59. The zero-order valence-electron chi connectivity index (χ0n) is 18.5. The van der Waals surface area contributed by atoms with Crippen molar-refractivity contribution in [3.63, 3.8) is 0 Å². The minimum atomic E-state index is -0.202. The molecule has 5 nitrogen and oxygen atoms in total. The zero-order chi connectivity index (χ0) is 21.7. The average Bonchev–Trinajstić information content (AvgIpc) is 3.17. The standard InChI is InChI=1S/C25H31N3O2/c1-16(2)21-7-6-8-22(17(3)4)23(21)28-25(29)26-14-13-20-15-30-24(27-20)19-11-9-18(5)10-12-19/h6-12,15-17H,13-14H2,1-5H3,(H2,26,28,29). The second kappa shape index (κ2) is 9.61. The molecule has 158 valence electrons. The number of carbonyl (C=O) groups excluding carboxylic acids is 1. The number of carbonyl (C=O) groups is 1. The first-order valence-corrected chi connectivity index (χ1v) is 10.5. The minimum Gasteiger partial charge on any atom is -0.444 e. The van der Waals surface area contributed by atoms with E-state index in [4.69, 9.17) is 4.42 Å². The van der Waals surface area contributed by atoms with Gasteiger partial charge in [-0.2, -0.15) is 0 Å². The largest absolute Gasteiger partial charge is 0.444 e. The summed E-state index contributed by atoms with van der Waals surface area (Å²) in [6.45, 7) is 11.1. The van der Waals surface area contributed by atoms with Crippen molar-refractivity contribution < 1.29 is 9.21 Å². The van der Waals surface area contributed by atoms with Crippen LogP contribution >= 0.6 is 0 Å². The molecule has 0 aliphatic rings. The number of aromatic nitrogens is 1. The SMILES string of the molecule is Cc1ccc(-c2nc(CCNC(=O)Nc3c(C(C)C)cccc3C(C)C)co2)cc1. The number of oxazole rings is 1. The zero-order valence-corrected chi connectivity index (χ0v) is 18.5. The number of aryl methyl sites for hydroxylation is 1. The Morgan fingerprint density at radius 3 is 2.23 bits per heavy atom. The lowest BCUT2D eigenvalue weighted by molar-refractivity contribution is 0.252. The summed E-state index contributed by atoms with van der Waals surface area (Å²) in [5.74, 6) is 1.26. The average molecular weight is 406 g/mol. The molecule has 2 N–H and O–H groups in total. The van der Waals surface area contributed by atoms with Crippen molar-refractivity contribution >= 4 is 11.7 Å². The molecule has 0 saturated carbocycles. The molecule has 0 saturated heterocycles. The summed E-state index contributed by atoms with van der Waals surface area (Å²) < 4.78 is 5.59. The van der Waals surface area contributed by atoms with E-state index in [2.05, 4.69) is 61.5 Å². The number of anilines is 1. The predicted octanol–water partition coefficient (Wildman–Crippen LogP) is 6.26. The van der Waals surface area contributed by atoms with Crippen molar-refractivity contribution in [2.24, 2.45) is 0 Å². The van der Waals surface area contributed by atoms with Gasteiger partial charge in [0.25, 0.3) is 0 Å². The highest BCUT2D eigenvalue weighted by molar-refractivity contribution is 5.91. The highest BCUT2D eigenvalue weighted by Gasteiger charge is 2.16. The van der Waals surface area contributed by atoms with Crippen molar-refractivity contribution in [1.29, 1.82) is 0 Å². The summed E-state index contributed by atoms with van der Waals surface area (Å²) in [5.41, 5.74) is 6.18. The second-order valence-corrected chi connectivity index (χ2v) is 8.26. The lowest BCUT2D eigenvalue weighted by Crippen LogP contribution is -2.31. The Bertz CT molecular complexity index is 962. The monoisotopic (exact) mass is 405 g/mol. The lowest BCUT2D eigenvalue weighted by atomic mass is 9.93. The normalized spacial score (nSPS) is 11.2. The van der Waals surface area contributed by atoms with Crippen molar-refractivity contribution in [1.82, 2.24) is 10.3 Å². The summed E-state index contributed by atoms with van der Waals surface area (Å²) in [4.78, 5) is 17.1. The molecule has 1 aromatic heterocycles. The van der Waals surface area contributed by atoms with Crippen LogP contribution in [0.1, 0.15) is 61.9 Å². The molecule has 2 amide bonds. The van der Waals surface area contributed by atoms with Gasteiger partial charge >= 0.3 is 6.03 Å². The Morgan fingerprint density at radius 2 is 1.63 bits per heavy atom. The van der Waals surface area contributed by atoms with E-state index in [0.29, 0.717) is 30.7 Å². The van der Waals surface area contributed by atoms with E-state index in [1.54, 1.807) is 6.26 Å². The van der Waals surface area contributed by atoms with Gasteiger partial charge in [0.05, 0.1) is 5.69 Å². The Morgan fingerprint density at radius 1 is 1.00 bits per heavy atom. The lowest BCUT2D eigenvalue weighted by Gasteiger charge is -2.20. The number of nitrogens with one attached hydrogen (secondary N) is 2. The fourth-order valence-corrected chi connectivity index (χ4v) is 3.41. The summed E-state index contributed by atoms with van der Waals surface area (Å²) in [7, 11) is 0. The van der Waals surface area contributed by atoms with Crippen LogP contribution in [0.15, 0.2) is 53.1 Å². The number of amides is 2. The number of benzene rings is 2. The molecule has 0 aliphatic heterocycles. The van der Waals surface area contributed by atoms with Gasteiger partial charge in [-0.15, -0.1) is 0 Å². The number of para-hydroxylation sites is 1. The summed E-state index contributed by atoms with van der Waals surface area (Å²) in [5, 5.41) is 6.01. The number of nitrogens with zero attached hydrogens (tertiary/aromatic N) is 1. The third kappa shape index (κ3) is 5.29. The molecular formula is C25H31N3O2. The number of rotatable bonds is 7. The Labute approximate surface area is 178 Å². The van der Waals surface area contributed by atoms with Crippen LogP contribution in [0.4, 0.5) is 10.5 Å². The van der Waals surface area contributed by atoms with Gasteiger partial charge in [-0.3, -0.25) is 0 Å². The molecule has 30 heavy (non-hydrogen) atoms. The Hall–Kier alpha value is -3.08. The highest BCUT2D eigenvalue weighted by Crippen LogP contribution is 2.32. The van der Waals surface area contributed by atoms with E-state index in [1.807, 2.05) is 31.2 Å². The van der Waals surface area contributed by atoms with Crippen molar-refractivity contribution in [3.05, 3.63) is 71.1 Å². The Kier molecular flexibility index (Phi) is 6.93. The summed E-state index contributed by atoms with van der Waals surface area (Å²) >= 11 is 0. The topological polar surface area (TPSA) is 67.2 Å². The fraction of sp³-hybridized carbons (Fsp3) is 0.360. The van der Waals surface area contributed by atoms with E-state index in [1.165, 1.54) is 5.56 Å². The van der Waals surface area contributed by atoms with Gasteiger partial charge in [0, 0.05) is 24.2 Å². The predicted molar refractivity (Wildman–Crippen MR) is 122 cm³/mol. The number of urea groups is 1. The number of hydrogen-bond acceptors (Lipinski definition) is 3. The van der Waals surface area contributed by atoms with Crippen LogP contribution in [0.25, 0.3) is 11.5 Å². The molecule has 3 aromatic rings. The van der Waals surface area contributed by atoms with Crippen molar-refractivity contribution in [2.45, 2.75) is 52.9 Å². The van der Waals surface area contributed by atoms with Crippen LogP contribution in [0.2, 0.25) is 0 Å². The molecule has 0 spiro atoms. The van der Waals surface area contributed by atoms with E-state index in [9.17, 15) is 4.79 Å². The molecule has 2 aromatic carbocycles. The first-order chi connectivity index (χ1) is 14.3. The van der Waals surface area contributed by atoms with E-state index < -0.39 is 0 Å². The molecule has 0 radical (unpaired) electrons. The molecule has 0 aliphatic carbocycles. The smallest absolute Gasteiger partial charge is 0.319 e. The van der Waals surface area contributed by atoms with Gasteiger partial charge in [0.2, 0.25) is 5.89 Å². The fourth-order valence-electron chi connectivity index (χ4n) is 3.41. The maximum absolute atomic E-state index is 12.5. The van der Waals surface area contributed by atoms with E-state index in [0.717, 1.165) is 28.1 Å². The first kappa shape index (κ1) is 21.6. The molecule has 0 unspecified atom stereocenters. The first-order valence-electron chi connectivity index (χ1n) is 10.5. The second-order valence-electron chi connectivity index (χ2n) is 8.26. The van der Waals surface area contributed by atoms with Crippen molar-refractivity contribution in [3.8, 4) is 11.5 Å². The van der Waals surface area contributed by atoms with Crippen molar-refractivity contribution in [2.75, 3.05) is 11.9 Å². The third-order valence-electron chi connectivity index (χ3n) is 5.13. The number of hydrogen-bond donors (Lipinski definition) is 2. The highest BCUT2D eigenvalue weighted by atomic mass is 16.3. The van der Waals surface area contributed by atoms with Gasteiger partial charge in [0.15, 0.2) is 0 Å². The minimum absolute atomic E-state index is 0.202. The van der Waals surface area contributed by atoms with Gasteiger partial charge < -0.3 is 15.1 Å². The van der Waals surface area contributed by atoms with Gasteiger partial charge in [-0.05, 0) is 42.0 Å². The third-order valence-corrected chi connectivity index (χ3v) is 5.13. The van der Waals surface area contributed by atoms with E-state index >= 15 is 0 Å². The van der Waals surface area contributed by atoms with Crippen LogP contribution in [0.3, 0.4) is 0 Å². The maximum atomic E-state index is 12.5. The van der Waals surface area contributed by atoms with E-state index in [-0.39, 0.29) is 6.03 Å². The summed E-state index contributed by atoms with van der Waals surface area (Å²) in [6, 6.07) is 14.1. The van der Waals surface area contributed by atoms with Gasteiger partial charge in [-0.25, -0.2) is 9.78 Å². The molecule has 3 rings (SSSR count). The van der Waals surface area contributed by atoms with Gasteiger partial charge in [0.1, 0.15) is 6.26 Å². The molecule has 5 heteroatoms.